The van der Waals surface area contributed by atoms with Gasteiger partial charge in [0, 0.05) is 54.3 Å². The number of ketones is 1. The third-order valence-corrected chi connectivity index (χ3v) is 12.8. The number of hydrogen-bond acceptors (Lipinski definition) is 14. The smallest absolute Gasteiger partial charge is 0.352 e. The van der Waals surface area contributed by atoms with Crippen LogP contribution in [0.2, 0.25) is 5.02 Å². The number of halogens is 1. The molecule has 2 fully saturated rings. The lowest BCUT2D eigenvalue weighted by Crippen LogP contribution is -2.63. The third-order valence-electron chi connectivity index (χ3n) is 10.3. The Hall–Kier alpha value is -5.18. The normalized spacial score (nSPS) is 21.1. The largest absolute Gasteiger partial charge is 0.504 e. The number of β-lactam (4-membered cyclic amide) rings is 1. The van der Waals surface area contributed by atoms with Crippen LogP contribution in [0, 0.1) is 5.92 Å². The van der Waals surface area contributed by atoms with E-state index in [-0.39, 0.29) is 40.0 Å². The van der Waals surface area contributed by atoms with Gasteiger partial charge in [-0.25, -0.2) is 14.6 Å². The number of Topliss-reactive ketones (excluding diaryl/α,β-unsaturated/α-hetero) is 1. The van der Waals surface area contributed by atoms with E-state index in [0.717, 1.165) is 24.2 Å². The number of aryl methyl sites for hydroxylation is 1. The van der Waals surface area contributed by atoms with E-state index in [0.29, 0.717) is 40.8 Å². The number of carboxylic acid groups (broad SMARTS) is 3. The number of nitrogens with zero attached hydrogens (tertiary/aromatic N) is 5. The van der Waals surface area contributed by atoms with Gasteiger partial charge >= 0.3 is 17.9 Å². The molecule has 0 saturated carbocycles. The first-order chi connectivity index (χ1) is 26.5. The lowest BCUT2D eigenvalue weighted by atomic mass is 9.88. The number of carbonyl (C=O) groups is 5. The van der Waals surface area contributed by atoms with Gasteiger partial charge in [0.25, 0.3) is 0 Å². The molecule has 0 aliphatic carbocycles. The summed E-state index contributed by atoms with van der Waals surface area (Å²) in [6.45, 7) is 5.72. The SMILES string of the molecule is CCn1cc(C[N+]2(CC3=C(C(=O)O)N4C(=O)[C@@H](CC(=O)/C(=N\O[C@@H](CC(=O)O)C(=O)O)c5csc(N)n5)[C@H]4S[C@H]3C)CCCC2)c(=O)c2c(Cl)c(O)c(O)cc21. The highest BCUT2D eigenvalue weighted by Crippen LogP contribution is 2.49. The highest BCUT2D eigenvalue weighted by atomic mass is 35.5. The van der Waals surface area contributed by atoms with Crippen LogP contribution in [0.1, 0.15) is 50.8 Å². The molecule has 21 heteroatoms. The van der Waals surface area contributed by atoms with Crippen LogP contribution in [-0.4, -0.2) is 116 Å². The molecule has 0 radical (unpaired) electrons. The van der Waals surface area contributed by atoms with Crippen LogP contribution >= 0.6 is 34.7 Å². The van der Waals surface area contributed by atoms with E-state index in [1.54, 1.807) is 10.8 Å². The van der Waals surface area contributed by atoms with Crippen molar-refractivity contribution in [3.05, 3.63) is 55.4 Å². The van der Waals surface area contributed by atoms with E-state index in [1.165, 1.54) is 28.1 Å². The molecular formula is C35H38ClN6O12S2+. The summed E-state index contributed by atoms with van der Waals surface area (Å²) in [6.07, 6.45) is -0.0606. The van der Waals surface area contributed by atoms with E-state index >= 15 is 0 Å². The molecule has 3 aromatic rings. The summed E-state index contributed by atoms with van der Waals surface area (Å²) >= 11 is 8.65. The second-order valence-electron chi connectivity index (χ2n) is 13.9. The second kappa shape index (κ2) is 15.8. The van der Waals surface area contributed by atoms with Gasteiger partial charge in [0.2, 0.25) is 12.0 Å². The fourth-order valence-electron chi connectivity index (χ4n) is 7.57. The number of thiazole rings is 1. The Morgan fingerprint density at radius 2 is 1.84 bits per heavy atom. The Kier molecular flexibility index (Phi) is 11.4. The number of amides is 1. The maximum Gasteiger partial charge on any atom is 0.352 e. The number of aliphatic carboxylic acids is 3. The number of fused-ring (bicyclic) bond motifs is 2. The summed E-state index contributed by atoms with van der Waals surface area (Å²) in [5.74, 6) is -7.93. The topological polar surface area (TPSA) is 272 Å². The van der Waals surface area contributed by atoms with Gasteiger partial charge in [-0.2, -0.15) is 0 Å². The van der Waals surface area contributed by atoms with Gasteiger partial charge in [-0.1, -0.05) is 16.8 Å². The third kappa shape index (κ3) is 7.52. The predicted molar refractivity (Wildman–Crippen MR) is 203 cm³/mol. The number of nitrogens with two attached hydrogens (primary N) is 1. The van der Waals surface area contributed by atoms with Crippen LogP contribution in [0.25, 0.3) is 10.9 Å². The first kappa shape index (κ1) is 40.5. The van der Waals surface area contributed by atoms with Gasteiger partial charge in [-0.3, -0.25) is 24.1 Å². The average Bonchev–Trinajstić information content (AvgIpc) is 3.79. The molecule has 1 amide bonds. The zero-order valence-corrected chi connectivity index (χ0v) is 32.4. The highest BCUT2D eigenvalue weighted by Gasteiger charge is 2.56. The molecule has 5 heterocycles. The number of aromatic nitrogens is 2. The number of quaternary nitrogens is 1. The van der Waals surface area contributed by atoms with Gasteiger partial charge in [0.15, 0.2) is 33.6 Å². The standard InChI is InChI=1S/C35H37ClN6O12S2/c1-3-40-11-16(29(47)25-20(40)9-22(44)30(48)26(25)36)12-42(6-4-5-7-42)13-18-15(2)56-32-17(31(49)41(32)28(18)34(52)53)8-21(43)27(19-14-55-35(37)38-19)39-54-23(33(50)51)10-24(45)46/h9,11,14-15,17,23,32H,3-8,10,12-13H2,1-2H3,(H6-,37,38,39,43,44,45,46,47,48,50,51,52,53)/p+1/t15-,17+,23-,32+/m0/s1. The summed E-state index contributed by atoms with van der Waals surface area (Å²) in [7, 11) is 0. The average molecular weight is 834 g/mol. The summed E-state index contributed by atoms with van der Waals surface area (Å²) < 4.78 is 2.06. The van der Waals surface area contributed by atoms with E-state index in [4.69, 9.17) is 27.3 Å². The van der Waals surface area contributed by atoms with E-state index < -0.39 is 87.7 Å². The van der Waals surface area contributed by atoms with Crippen molar-refractivity contribution in [3.63, 3.8) is 0 Å². The van der Waals surface area contributed by atoms with Gasteiger partial charge in [-0.15, -0.1) is 23.1 Å². The van der Waals surface area contributed by atoms with Crippen LogP contribution in [0.4, 0.5) is 5.13 Å². The Bertz CT molecular complexity index is 2280. The zero-order chi connectivity index (χ0) is 40.8. The molecule has 0 unspecified atom stereocenters. The number of oxime groups is 1. The molecule has 298 valence electrons. The van der Waals surface area contributed by atoms with Gasteiger partial charge in [0.05, 0.1) is 52.3 Å². The Labute approximate surface area is 331 Å². The van der Waals surface area contributed by atoms with Crippen LogP contribution < -0.4 is 11.2 Å². The molecule has 3 aliphatic rings. The van der Waals surface area contributed by atoms with Crippen LogP contribution in [0.3, 0.4) is 0 Å². The molecule has 2 aromatic heterocycles. The molecule has 7 N–H and O–H groups in total. The van der Waals surface area contributed by atoms with Crippen molar-refractivity contribution in [1.29, 1.82) is 0 Å². The predicted octanol–water partition coefficient (Wildman–Crippen LogP) is 2.80. The first-order valence-corrected chi connectivity index (χ1v) is 19.7. The van der Waals surface area contributed by atoms with Crippen molar-refractivity contribution < 1.29 is 58.8 Å². The Morgan fingerprint density at radius 1 is 1.14 bits per heavy atom. The van der Waals surface area contributed by atoms with E-state index in [1.807, 2.05) is 13.8 Å². The van der Waals surface area contributed by atoms with Crippen molar-refractivity contribution in [2.75, 3.05) is 25.4 Å². The minimum absolute atomic E-state index is 0.0469. The maximum atomic E-state index is 13.9. The maximum absolute atomic E-state index is 13.9. The number of hydrogen-bond donors (Lipinski definition) is 6. The van der Waals surface area contributed by atoms with Crippen molar-refractivity contribution in [1.82, 2.24) is 14.5 Å². The lowest BCUT2D eigenvalue weighted by molar-refractivity contribution is -0.925. The quantitative estimate of drug-likeness (QED) is 0.0423. The first-order valence-electron chi connectivity index (χ1n) is 17.5. The van der Waals surface area contributed by atoms with Crippen molar-refractivity contribution in [2.45, 2.75) is 69.3 Å². The number of phenolic OH excluding ortho intramolecular Hbond substituents is 2. The molecule has 56 heavy (non-hydrogen) atoms. The van der Waals surface area contributed by atoms with Crippen LogP contribution in [-0.2, 0) is 41.9 Å². The van der Waals surface area contributed by atoms with Crippen molar-refractivity contribution in [2.24, 2.45) is 11.1 Å². The lowest BCUT2D eigenvalue weighted by Gasteiger charge is -2.51. The Balaban J connectivity index is 1.29. The number of benzene rings is 1. The Morgan fingerprint density at radius 3 is 2.43 bits per heavy atom. The fourth-order valence-corrected chi connectivity index (χ4v) is 9.90. The molecule has 6 rings (SSSR count). The van der Waals surface area contributed by atoms with Gasteiger partial charge in [0.1, 0.15) is 24.5 Å². The molecule has 4 atom stereocenters. The number of carboxylic acids is 3. The number of rotatable bonds is 15. The number of anilines is 1. The number of likely N-dealkylation sites (tertiary alicyclic amines) is 1. The monoisotopic (exact) mass is 833 g/mol. The fraction of sp³-hybridized carbons (Fsp3) is 0.429. The minimum Gasteiger partial charge on any atom is -0.504 e. The van der Waals surface area contributed by atoms with Crippen LogP contribution in [0.5, 0.6) is 11.5 Å². The van der Waals surface area contributed by atoms with E-state index in [9.17, 15) is 49.2 Å². The van der Waals surface area contributed by atoms with Crippen molar-refractivity contribution in [3.8, 4) is 11.5 Å². The molecule has 0 spiro atoms. The number of thioether (sulfide) groups is 1. The number of phenols is 2. The second-order valence-corrected chi connectivity index (χ2v) is 16.6. The molecular weight excluding hydrogens is 796 g/mol. The highest BCUT2D eigenvalue weighted by molar-refractivity contribution is 8.00. The van der Waals surface area contributed by atoms with E-state index in [2.05, 4.69) is 10.1 Å². The van der Waals surface area contributed by atoms with Crippen molar-refractivity contribution >= 4 is 86.0 Å². The van der Waals surface area contributed by atoms with Gasteiger partial charge < -0.3 is 45.2 Å². The number of carbonyl (C=O) groups excluding carboxylic acids is 2. The number of pyridine rings is 1. The molecule has 2 saturated heterocycles. The summed E-state index contributed by atoms with van der Waals surface area (Å²) in [5, 5.41) is 53.2. The summed E-state index contributed by atoms with van der Waals surface area (Å²) in [5.41, 5.74) is 5.79. The van der Waals surface area contributed by atoms with Gasteiger partial charge in [-0.05, 0) is 13.8 Å². The molecule has 0 bridgehead atoms. The minimum atomic E-state index is -1.93. The summed E-state index contributed by atoms with van der Waals surface area (Å²) in [6, 6.07) is 1.28. The zero-order valence-electron chi connectivity index (χ0n) is 30.0. The number of aromatic hydroxyl groups is 2. The molecule has 18 nitrogen and oxygen atoms in total. The molecule has 3 aliphatic heterocycles. The number of nitrogen functional groups attached to an aromatic ring is 1. The summed E-state index contributed by atoms with van der Waals surface area (Å²) in [4.78, 5) is 87.2. The molecule has 1 aromatic carbocycles. The van der Waals surface area contributed by atoms with Crippen LogP contribution in [0.15, 0.2) is 38.9 Å².